The minimum Gasteiger partial charge on any atom is -0.490 e. The van der Waals surface area contributed by atoms with Crippen molar-refractivity contribution < 1.29 is 19.0 Å². The lowest BCUT2D eigenvalue weighted by atomic mass is 10.1. The maximum atomic E-state index is 12.9. The molecule has 0 aliphatic carbocycles. The summed E-state index contributed by atoms with van der Waals surface area (Å²) in [5.41, 5.74) is 3.07. The number of aromatic nitrogens is 2. The normalized spacial score (nSPS) is 15.7. The third-order valence-corrected chi connectivity index (χ3v) is 6.24. The number of amides is 1. The summed E-state index contributed by atoms with van der Waals surface area (Å²) in [5, 5.41) is 4.23. The van der Waals surface area contributed by atoms with E-state index in [4.69, 9.17) is 14.2 Å². The maximum absolute atomic E-state index is 12.9. The predicted octanol–water partition coefficient (Wildman–Crippen LogP) is 3.46. The van der Waals surface area contributed by atoms with Gasteiger partial charge in [0, 0.05) is 63.4 Å². The summed E-state index contributed by atoms with van der Waals surface area (Å²) in [7, 11) is 4.04. The van der Waals surface area contributed by atoms with E-state index in [0.717, 1.165) is 31.7 Å². The number of benzene rings is 2. The van der Waals surface area contributed by atoms with Crippen molar-refractivity contribution in [2.45, 2.75) is 32.0 Å². The quantitative estimate of drug-likeness (QED) is 0.536. The minimum atomic E-state index is 0.0245. The second-order valence-corrected chi connectivity index (χ2v) is 9.02. The van der Waals surface area contributed by atoms with Crippen molar-refractivity contribution in [3.8, 4) is 17.2 Å². The van der Waals surface area contributed by atoms with Crippen LogP contribution in [0.25, 0.3) is 0 Å². The number of carbonyl (C=O) groups excluding carboxylic acids is 1. The molecule has 0 N–H and O–H groups in total. The van der Waals surface area contributed by atoms with Crippen LogP contribution in [0.1, 0.15) is 34.3 Å². The highest BCUT2D eigenvalue weighted by Crippen LogP contribution is 2.33. The fourth-order valence-corrected chi connectivity index (χ4v) is 4.49. The van der Waals surface area contributed by atoms with Gasteiger partial charge in [-0.15, -0.1) is 0 Å². The highest BCUT2D eigenvalue weighted by Gasteiger charge is 2.26. The third-order valence-electron chi connectivity index (χ3n) is 6.24. The van der Waals surface area contributed by atoms with Gasteiger partial charge in [0.05, 0.1) is 6.20 Å². The second-order valence-electron chi connectivity index (χ2n) is 9.02. The van der Waals surface area contributed by atoms with Gasteiger partial charge in [0.2, 0.25) is 6.79 Å². The SMILES string of the molecule is CN(Cc1ccc(OC2CCN(C(=O)c3ccc4c(c3)OCO4)CC2)cc1)Cc1cnn(C)c1. The Morgan fingerprint density at radius 1 is 1.06 bits per heavy atom. The second kappa shape index (κ2) is 9.77. The fraction of sp³-hybridized carbons (Fsp3) is 0.385. The molecule has 1 amide bonds. The van der Waals surface area contributed by atoms with Gasteiger partial charge in [0.25, 0.3) is 5.91 Å². The zero-order valence-corrected chi connectivity index (χ0v) is 19.6. The summed E-state index contributed by atoms with van der Waals surface area (Å²) in [6, 6.07) is 13.7. The molecule has 0 atom stereocenters. The minimum absolute atomic E-state index is 0.0245. The molecule has 8 heteroatoms. The van der Waals surface area contributed by atoms with Crippen molar-refractivity contribution in [2.24, 2.45) is 7.05 Å². The summed E-state index contributed by atoms with van der Waals surface area (Å²) in [6.45, 7) is 3.27. The molecule has 34 heavy (non-hydrogen) atoms. The monoisotopic (exact) mass is 462 g/mol. The summed E-state index contributed by atoms with van der Waals surface area (Å²) < 4.78 is 18.8. The summed E-state index contributed by atoms with van der Waals surface area (Å²) in [5.74, 6) is 2.22. The van der Waals surface area contributed by atoms with Crippen LogP contribution >= 0.6 is 0 Å². The highest BCUT2D eigenvalue weighted by atomic mass is 16.7. The molecular formula is C26H30N4O4. The molecule has 2 aliphatic heterocycles. The number of hydrogen-bond donors (Lipinski definition) is 0. The Morgan fingerprint density at radius 2 is 1.79 bits per heavy atom. The van der Waals surface area contributed by atoms with Crippen LogP contribution in [0.15, 0.2) is 54.9 Å². The first-order chi connectivity index (χ1) is 16.5. The topological polar surface area (TPSA) is 69.1 Å². The van der Waals surface area contributed by atoms with Gasteiger partial charge in [0.15, 0.2) is 11.5 Å². The van der Waals surface area contributed by atoms with Crippen LogP contribution < -0.4 is 14.2 Å². The predicted molar refractivity (Wildman–Crippen MR) is 127 cm³/mol. The van der Waals surface area contributed by atoms with Gasteiger partial charge in [0.1, 0.15) is 11.9 Å². The summed E-state index contributed by atoms with van der Waals surface area (Å²) >= 11 is 0. The van der Waals surface area contributed by atoms with E-state index in [1.807, 2.05) is 41.2 Å². The first kappa shape index (κ1) is 22.3. The van der Waals surface area contributed by atoms with Crippen LogP contribution in [-0.4, -0.2) is 58.5 Å². The first-order valence-corrected chi connectivity index (χ1v) is 11.6. The molecule has 2 aromatic carbocycles. The standard InChI is InChI=1S/C26H30N4O4/c1-28(16-20-14-27-29(2)17-20)15-19-3-6-22(7-4-19)34-23-9-11-30(12-10-23)26(31)21-5-8-24-25(13-21)33-18-32-24/h3-8,13-14,17,23H,9-12,15-16,18H2,1-2H3. The third kappa shape index (κ3) is 5.17. The number of aryl methyl sites for hydroxylation is 1. The van der Waals surface area contributed by atoms with Crippen molar-refractivity contribution in [3.63, 3.8) is 0 Å². The van der Waals surface area contributed by atoms with Crippen molar-refractivity contribution in [1.29, 1.82) is 0 Å². The van der Waals surface area contributed by atoms with E-state index in [9.17, 15) is 4.79 Å². The average molecular weight is 463 g/mol. The van der Waals surface area contributed by atoms with Crippen molar-refractivity contribution >= 4 is 5.91 Å². The van der Waals surface area contributed by atoms with Crippen molar-refractivity contribution in [3.05, 3.63) is 71.5 Å². The molecule has 1 aromatic heterocycles. The number of carbonyl (C=O) groups is 1. The van der Waals surface area contributed by atoms with Crippen LogP contribution in [0.3, 0.4) is 0 Å². The van der Waals surface area contributed by atoms with E-state index >= 15 is 0 Å². The molecule has 1 saturated heterocycles. The molecule has 0 bridgehead atoms. The van der Waals surface area contributed by atoms with E-state index in [-0.39, 0.29) is 18.8 Å². The number of likely N-dealkylation sites (tertiary alicyclic amines) is 1. The van der Waals surface area contributed by atoms with Gasteiger partial charge < -0.3 is 19.1 Å². The molecule has 178 valence electrons. The Kier molecular flexibility index (Phi) is 6.40. The molecule has 2 aliphatic rings. The molecule has 1 fully saturated rings. The van der Waals surface area contributed by atoms with Crippen LogP contribution in [0.4, 0.5) is 0 Å². The van der Waals surface area contributed by atoms with Crippen molar-refractivity contribution in [1.82, 2.24) is 19.6 Å². The Hall–Kier alpha value is -3.52. The maximum Gasteiger partial charge on any atom is 0.253 e. The molecule has 5 rings (SSSR count). The Morgan fingerprint density at radius 3 is 2.53 bits per heavy atom. The Bertz CT molecular complexity index is 1140. The molecule has 0 saturated carbocycles. The summed E-state index contributed by atoms with van der Waals surface area (Å²) in [4.78, 5) is 17.0. The first-order valence-electron chi connectivity index (χ1n) is 11.6. The largest absolute Gasteiger partial charge is 0.490 e. The van der Waals surface area contributed by atoms with Crippen LogP contribution in [0.5, 0.6) is 17.2 Å². The number of rotatable bonds is 7. The zero-order chi connectivity index (χ0) is 23.5. The van der Waals surface area contributed by atoms with E-state index in [1.54, 1.807) is 18.2 Å². The fourth-order valence-electron chi connectivity index (χ4n) is 4.49. The van der Waals surface area contributed by atoms with Gasteiger partial charge in [-0.05, 0) is 42.9 Å². The van der Waals surface area contributed by atoms with Gasteiger partial charge in [-0.25, -0.2) is 0 Å². The molecule has 0 unspecified atom stereocenters. The zero-order valence-electron chi connectivity index (χ0n) is 19.6. The lowest BCUT2D eigenvalue weighted by Crippen LogP contribution is -2.41. The molecule has 0 radical (unpaired) electrons. The van der Waals surface area contributed by atoms with E-state index < -0.39 is 0 Å². The molecule has 3 heterocycles. The molecule has 8 nitrogen and oxygen atoms in total. The van der Waals surface area contributed by atoms with Gasteiger partial charge in [-0.1, -0.05) is 12.1 Å². The van der Waals surface area contributed by atoms with Crippen LogP contribution in [-0.2, 0) is 20.1 Å². The number of fused-ring (bicyclic) bond motifs is 1. The highest BCUT2D eigenvalue weighted by molar-refractivity contribution is 5.95. The molecule has 3 aromatic rings. The number of ether oxygens (including phenoxy) is 3. The van der Waals surface area contributed by atoms with E-state index in [0.29, 0.717) is 30.2 Å². The number of nitrogens with zero attached hydrogens (tertiary/aromatic N) is 4. The number of piperidine rings is 1. The molecule has 0 spiro atoms. The van der Waals surface area contributed by atoms with Gasteiger partial charge in [-0.2, -0.15) is 5.10 Å². The van der Waals surface area contributed by atoms with E-state index in [2.05, 4.69) is 29.2 Å². The Labute approximate surface area is 199 Å². The van der Waals surface area contributed by atoms with Gasteiger partial charge >= 0.3 is 0 Å². The Balaban J connectivity index is 1.09. The van der Waals surface area contributed by atoms with Crippen LogP contribution in [0, 0.1) is 0 Å². The number of hydrogen-bond acceptors (Lipinski definition) is 6. The lowest BCUT2D eigenvalue weighted by molar-refractivity contribution is 0.0595. The summed E-state index contributed by atoms with van der Waals surface area (Å²) in [6.07, 6.45) is 5.68. The van der Waals surface area contributed by atoms with Gasteiger partial charge in [-0.3, -0.25) is 14.4 Å². The average Bonchev–Trinajstić information content (AvgIpc) is 3.48. The smallest absolute Gasteiger partial charge is 0.253 e. The van der Waals surface area contributed by atoms with E-state index in [1.165, 1.54) is 11.1 Å². The lowest BCUT2D eigenvalue weighted by Gasteiger charge is -2.32. The molecular weight excluding hydrogens is 432 g/mol. The van der Waals surface area contributed by atoms with Crippen LogP contribution in [0.2, 0.25) is 0 Å². The van der Waals surface area contributed by atoms with Crippen molar-refractivity contribution in [2.75, 3.05) is 26.9 Å².